The van der Waals surface area contributed by atoms with Gasteiger partial charge in [-0.15, -0.1) is 0 Å². The van der Waals surface area contributed by atoms with E-state index >= 15 is 0 Å². The van der Waals surface area contributed by atoms with Crippen molar-refractivity contribution in [2.45, 2.75) is 0 Å². The van der Waals surface area contributed by atoms with Crippen LogP contribution in [0.4, 0.5) is 5.69 Å². The number of nitrogens with one attached hydrogen (secondary N) is 1. The van der Waals surface area contributed by atoms with Crippen molar-refractivity contribution in [3.63, 3.8) is 0 Å². The smallest absolute Gasteiger partial charge is 0.259 e. The first-order chi connectivity index (χ1) is 13.7. The molecule has 1 N–H and O–H groups in total. The van der Waals surface area contributed by atoms with E-state index in [0.29, 0.717) is 28.5 Å². The minimum atomic E-state index is -0.287. The number of fused-ring (bicyclic) bond motifs is 1. The van der Waals surface area contributed by atoms with Crippen molar-refractivity contribution in [1.82, 2.24) is 14.4 Å². The van der Waals surface area contributed by atoms with Crippen LogP contribution in [0.2, 0.25) is 0 Å². The zero-order chi connectivity index (χ0) is 19.5. The molecule has 0 atom stereocenters. The number of anilines is 1. The molecule has 1 amide bonds. The van der Waals surface area contributed by atoms with E-state index in [9.17, 15) is 4.79 Å². The van der Waals surface area contributed by atoms with Crippen LogP contribution in [-0.4, -0.2) is 34.5 Å². The number of imidazole rings is 1. The van der Waals surface area contributed by atoms with E-state index in [1.807, 2.05) is 41.1 Å². The van der Waals surface area contributed by atoms with Gasteiger partial charge in [0.15, 0.2) is 0 Å². The lowest BCUT2D eigenvalue weighted by molar-refractivity contribution is 0.102. The molecule has 2 heterocycles. The lowest BCUT2D eigenvalue weighted by Gasteiger charge is -2.13. The summed E-state index contributed by atoms with van der Waals surface area (Å²) < 4.78 is 12.5. The molecule has 0 bridgehead atoms. The summed E-state index contributed by atoms with van der Waals surface area (Å²) >= 11 is 0. The Morgan fingerprint density at radius 2 is 1.86 bits per heavy atom. The average molecular weight is 374 g/mol. The van der Waals surface area contributed by atoms with Gasteiger partial charge < -0.3 is 14.8 Å². The first kappa shape index (κ1) is 17.5. The highest BCUT2D eigenvalue weighted by molar-refractivity contribution is 6.07. The Hall–Kier alpha value is -3.87. The molecule has 7 nitrogen and oxygen atoms in total. The molecule has 4 rings (SSSR count). The van der Waals surface area contributed by atoms with Crippen molar-refractivity contribution in [1.29, 1.82) is 0 Å². The highest BCUT2D eigenvalue weighted by Crippen LogP contribution is 2.31. The molecule has 0 spiro atoms. The molecule has 0 unspecified atom stereocenters. The summed E-state index contributed by atoms with van der Waals surface area (Å²) in [6.07, 6.45) is 5.46. The fraction of sp³-hybridized carbons (Fsp3) is 0.0952. The number of aromatic nitrogens is 3. The second-order valence-electron chi connectivity index (χ2n) is 6.02. The highest BCUT2D eigenvalue weighted by Gasteiger charge is 2.15. The summed E-state index contributed by atoms with van der Waals surface area (Å²) in [6.45, 7) is 0. The lowest BCUT2D eigenvalue weighted by Crippen LogP contribution is -2.13. The summed E-state index contributed by atoms with van der Waals surface area (Å²) in [4.78, 5) is 21.5. The van der Waals surface area contributed by atoms with Crippen molar-refractivity contribution in [2.24, 2.45) is 0 Å². The molecule has 140 valence electrons. The van der Waals surface area contributed by atoms with Crippen LogP contribution in [0, 0.1) is 0 Å². The average Bonchev–Trinajstić information content (AvgIpc) is 3.18. The summed E-state index contributed by atoms with van der Waals surface area (Å²) in [5.41, 5.74) is 2.56. The molecule has 0 fully saturated rings. The highest BCUT2D eigenvalue weighted by atomic mass is 16.5. The Balaban J connectivity index is 1.70. The predicted molar refractivity (Wildman–Crippen MR) is 106 cm³/mol. The number of carbonyl (C=O) groups excluding carboxylic acids is 1. The fourth-order valence-electron chi connectivity index (χ4n) is 2.96. The number of amides is 1. The largest absolute Gasteiger partial charge is 0.496 e. The normalized spacial score (nSPS) is 10.6. The third kappa shape index (κ3) is 3.25. The molecular weight excluding hydrogens is 356 g/mol. The summed E-state index contributed by atoms with van der Waals surface area (Å²) in [7, 11) is 3.09. The molecule has 2 aromatic carbocycles. The van der Waals surface area contributed by atoms with Gasteiger partial charge in [0.05, 0.1) is 31.2 Å². The number of nitrogens with zero attached hydrogens (tertiary/aromatic N) is 3. The third-order valence-electron chi connectivity index (χ3n) is 4.33. The van der Waals surface area contributed by atoms with Crippen LogP contribution in [0.3, 0.4) is 0 Å². The Morgan fingerprint density at radius 3 is 2.64 bits per heavy atom. The van der Waals surface area contributed by atoms with Crippen molar-refractivity contribution in [3.8, 4) is 22.8 Å². The molecular formula is C21H18N4O3. The lowest BCUT2D eigenvalue weighted by atomic mass is 10.1. The van der Waals surface area contributed by atoms with Gasteiger partial charge in [-0.2, -0.15) is 0 Å². The Morgan fingerprint density at radius 1 is 1.04 bits per heavy atom. The maximum absolute atomic E-state index is 12.8. The Bertz CT molecular complexity index is 1120. The maximum atomic E-state index is 12.8. The van der Waals surface area contributed by atoms with Crippen LogP contribution in [0.25, 0.3) is 17.0 Å². The van der Waals surface area contributed by atoms with Crippen LogP contribution in [0.5, 0.6) is 11.5 Å². The molecule has 28 heavy (non-hydrogen) atoms. The van der Waals surface area contributed by atoms with E-state index in [2.05, 4.69) is 15.3 Å². The number of para-hydroxylation sites is 1. The van der Waals surface area contributed by atoms with Crippen LogP contribution in [-0.2, 0) is 0 Å². The second-order valence-corrected chi connectivity index (χ2v) is 6.02. The van der Waals surface area contributed by atoms with E-state index in [-0.39, 0.29) is 5.91 Å². The van der Waals surface area contributed by atoms with Gasteiger partial charge >= 0.3 is 0 Å². The van der Waals surface area contributed by atoms with Crippen LogP contribution in [0.1, 0.15) is 10.4 Å². The molecule has 4 aromatic rings. The molecule has 0 saturated carbocycles. The number of benzene rings is 2. The van der Waals surface area contributed by atoms with E-state index in [1.54, 1.807) is 37.6 Å². The zero-order valence-corrected chi connectivity index (χ0v) is 15.4. The molecule has 0 saturated heterocycles. The van der Waals surface area contributed by atoms with Crippen LogP contribution >= 0.6 is 0 Å². The first-order valence-corrected chi connectivity index (χ1v) is 8.62. The molecule has 0 aliphatic rings. The minimum Gasteiger partial charge on any atom is -0.496 e. The standard InChI is InChI=1S/C21H18N4O3/c1-27-18-7-4-3-6-15(18)20(26)23-16-12-14(8-9-19(16)28-2)17-13-25-11-5-10-22-21(25)24-17/h3-13H,1-2H3,(H,23,26). The fourth-order valence-corrected chi connectivity index (χ4v) is 2.96. The second kappa shape index (κ2) is 7.40. The Labute approximate surface area is 161 Å². The molecule has 0 aliphatic carbocycles. The Kier molecular flexibility index (Phi) is 4.63. The summed E-state index contributed by atoms with van der Waals surface area (Å²) in [5.74, 6) is 1.37. The van der Waals surface area contributed by atoms with Gasteiger partial charge in [-0.05, 0) is 36.4 Å². The molecule has 2 aromatic heterocycles. The van der Waals surface area contributed by atoms with Crippen molar-refractivity contribution in [2.75, 3.05) is 19.5 Å². The monoisotopic (exact) mass is 374 g/mol. The minimum absolute atomic E-state index is 0.287. The topological polar surface area (TPSA) is 77.8 Å². The third-order valence-corrected chi connectivity index (χ3v) is 4.33. The van der Waals surface area contributed by atoms with Gasteiger partial charge in [-0.3, -0.25) is 9.20 Å². The number of carbonyl (C=O) groups is 1. The van der Waals surface area contributed by atoms with Crippen molar-refractivity contribution in [3.05, 3.63) is 72.7 Å². The summed E-state index contributed by atoms with van der Waals surface area (Å²) in [5, 5.41) is 2.90. The number of ether oxygens (including phenoxy) is 2. The quantitative estimate of drug-likeness (QED) is 0.577. The molecule has 0 aliphatic heterocycles. The van der Waals surface area contributed by atoms with E-state index in [0.717, 1.165) is 11.3 Å². The van der Waals surface area contributed by atoms with Gasteiger partial charge in [0.25, 0.3) is 5.91 Å². The van der Waals surface area contributed by atoms with Crippen LogP contribution < -0.4 is 14.8 Å². The van der Waals surface area contributed by atoms with E-state index in [1.165, 1.54) is 7.11 Å². The van der Waals surface area contributed by atoms with E-state index in [4.69, 9.17) is 9.47 Å². The number of hydrogen-bond donors (Lipinski definition) is 1. The first-order valence-electron chi connectivity index (χ1n) is 8.62. The molecule has 7 heteroatoms. The van der Waals surface area contributed by atoms with Crippen LogP contribution in [0.15, 0.2) is 67.1 Å². The maximum Gasteiger partial charge on any atom is 0.259 e. The molecule has 0 radical (unpaired) electrons. The van der Waals surface area contributed by atoms with Crippen molar-refractivity contribution >= 4 is 17.4 Å². The zero-order valence-electron chi connectivity index (χ0n) is 15.4. The van der Waals surface area contributed by atoms with Crippen molar-refractivity contribution < 1.29 is 14.3 Å². The van der Waals surface area contributed by atoms with Gasteiger partial charge in [0.2, 0.25) is 5.78 Å². The van der Waals surface area contributed by atoms with Gasteiger partial charge in [-0.1, -0.05) is 12.1 Å². The number of methoxy groups -OCH3 is 2. The SMILES string of the molecule is COc1ccc(-c2cn3cccnc3n2)cc1NC(=O)c1ccccc1OC. The van der Waals surface area contributed by atoms with Gasteiger partial charge in [-0.25, -0.2) is 9.97 Å². The van der Waals surface area contributed by atoms with Gasteiger partial charge in [0.1, 0.15) is 11.5 Å². The van der Waals surface area contributed by atoms with E-state index < -0.39 is 0 Å². The summed E-state index contributed by atoms with van der Waals surface area (Å²) in [6, 6.07) is 14.4. The number of rotatable bonds is 5. The van der Waals surface area contributed by atoms with Gasteiger partial charge in [0, 0.05) is 24.2 Å². The predicted octanol–water partition coefficient (Wildman–Crippen LogP) is 3.67. The number of hydrogen-bond acceptors (Lipinski definition) is 5.